The number of hydrogen-bond donors (Lipinski definition) is 1. The molecule has 3 N–H and O–H groups in total. The predicted molar refractivity (Wildman–Crippen MR) is 12.3 cm³/mol. The second-order valence-corrected chi connectivity index (χ2v) is 0. The summed E-state index contributed by atoms with van der Waals surface area (Å²) in [6.45, 7) is 0. The fourth-order valence-electron chi connectivity index (χ4n) is 0. The van der Waals surface area contributed by atoms with Crippen molar-refractivity contribution in [3.63, 3.8) is 0 Å². The molecule has 0 rings (SSSR count). The smallest absolute Gasteiger partial charge is 1.00 e. The van der Waals surface area contributed by atoms with Crippen molar-refractivity contribution in [2.45, 2.75) is 0 Å². The molecule has 8 heteroatoms. The van der Waals surface area contributed by atoms with E-state index in [2.05, 4.69) is 0 Å². The Morgan fingerprint density at radius 1 is 0.500 bits per heavy atom. The van der Waals surface area contributed by atoms with Crippen molar-refractivity contribution >= 4 is 12.4 Å². The molecule has 8 heavy (non-hydrogen) atoms. The van der Waals surface area contributed by atoms with Gasteiger partial charge in [0.2, 0.25) is 0 Å². The molecule has 0 atom stereocenters. The van der Waals surface area contributed by atoms with Crippen molar-refractivity contribution in [1.29, 1.82) is 0 Å². The van der Waals surface area contributed by atoms with Gasteiger partial charge in [-0.3, -0.25) is 0 Å². The van der Waals surface area contributed by atoms with Gasteiger partial charge in [-0.1, -0.05) is 0 Å². The molecule has 0 unspecified atom stereocenters. The van der Waals surface area contributed by atoms with Crippen LogP contribution < -0.4 is 68.2 Å². The third-order valence-electron chi connectivity index (χ3n) is 0. The van der Waals surface area contributed by atoms with E-state index in [0.717, 1.165) is 0 Å². The Labute approximate surface area is 99.9 Å². The second-order valence-electron chi connectivity index (χ2n) is 0. The minimum absolute atomic E-state index is 0. The zero-order valence-electron chi connectivity index (χ0n) is 3.34. The Balaban J connectivity index is 0. The summed E-state index contributed by atoms with van der Waals surface area (Å²) in [5, 5.41) is 0. The van der Waals surface area contributed by atoms with Crippen LogP contribution in [0.15, 0.2) is 0 Å². The van der Waals surface area contributed by atoms with E-state index in [0.29, 0.717) is 0 Å². The van der Waals surface area contributed by atoms with Gasteiger partial charge in [0.1, 0.15) is 0 Å². The zero-order chi connectivity index (χ0) is 0. The van der Waals surface area contributed by atoms with Crippen LogP contribution in [0, 0.1) is 0 Å². The summed E-state index contributed by atoms with van der Waals surface area (Å²) >= 11 is 0. The molecule has 0 amide bonds. The summed E-state index contributed by atoms with van der Waals surface area (Å²) in [7, 11) is 0. The molecule has 0 aliphatic rings. The largest absolute Gasteiger partial charge is 3.00 e. The molecule has 0 saturated heterocycles. The third kappa shape index (κ3) is 81.7. The molecule has 0 spiro atoms. The van der Waals surface area contributed by atoms with Gasteiger partial charge in [-0.25, -0.2) is 0 Å². The Hall–Kier alpha value is 2.35. The first-order valence-electron chi connectivity index (χ1n) is 0. The topological polar surface area (TPSA) is 35.0 Å². The third-order valence-corrected chi connectivity index (χ3v) is 0. The van der Waals surface area contributed by atoms with Gasteiger partial charge in [0.15, 0.2) is 0 Å². The van der Waals surface area contributed by atoms with Gasteiger partial charge >= 0.3 is 20.1 Å². The first-order valence-corrected chi connectivity index (χ1v) is 0. The fraction of sp³-hybridized carbons (Fsp3) is 0. The Morgan fingerprint density at radius 2 is 0.500 bits per heavy atom. The number of rotatable bonds is 0. The van der Waals surface area contributed by atoms with Crippen LogP contribution in [-0.2, 0) is 20.1 Å². The molecule has 0 fully saturated rings. The van der Waals surface area contributed by atoms with Crippen molar-refractivity contribution in [2.75, 3.05) is 0 Å². The molecule has 0 radical (unpaired) electrons. The normalized spacial score (nSPS) is 0. The molecular weight excluding hydrogens is 419 g/mol. The molecule has 0 saturated carbocycles. The molecule has 0 aliphatic heterocycles. The van der Waals surface area contributed by atoms with Crippen molar-refractivity contribution < 1.29 is 82.1 Å². The molecule has 0 aliphatic carbocycles. The first-order chi connectivity index (χ1) is 0. The maximum Gasteiger partial charge on any atom is 3.00 e. The molecule has 1 nitrogen and oxygen atoms in total. The van der Waals surface area contributed by atoms with Crippen LogP contribution in [-0.4, -0.2) is 0 Å². The van der Waals surface area contributed by atoms with Crippen LogP contribution in [0.25, 0.3) is 0 Å². The van der Waals surface area contributed by atoms with Crippen molar-refractivity contribution in [3.05, 3.63) is 0 Å². The van der Waals surface area contributed by atoms with E-state index in [1.54, 1.807) is 0 Å². The first kappa shape index (κ1) is 164. The van der Waals surface area contributed by atoms with E-state index in [4.69, 9.17) is 0 Å². The predicted octanol–water partition coefficient (Wildman–Crippen LogP) is -14.4. The number of halogens is 6. The monoisotopic (exact) mass is 421 g/mol. The van der Waals surface area contributed by atoms with Gasteiger partial charge in [0.05, 0.1) is 0 Å². The van der Waals surface area contributed by atoms with Gasteiger partial charge in [-0.05, 0) is 0 Å². The van der Waals surface area contributed by atoms with E-state index >= 15 is 0 Å². The van der Waals surface area contributed by atoms with Gasteiger partial charge < -0.3 is 68.2 Å². The Morgan fingerprint density at radius 3 is 0.500 bits per heavy atom. The standard InChI is InChI=1S/6ClH.Ir.H3N/h6*1H;;1H3/q;;;;;;+3;/p-5. The zero-order valence-corrected chi connectivity index (χ0v) is 10.3. The van der Waals surface area contributed by atoms with Crippen LogP contribution in [0.1, 0.15) is 0 Å². The van der Waals surface area contributed by atoms with Gasteiger partial charge in [0.25, 0.3) is 0 Å². The second kappa shape index (κ2) is 118. The van der Waals surface area contributed by atoms with Crippen LogP contribution in [0.5, 0.6) is 0 Å². The van der Waals surface area contributed by atoms with E-state index in [1.807, 2.05) is 0 Å². The molecule has 0 heterocycles. The van der Waals surface area contributed by atoms with E-state index in [-0.39, 0.29) is 101 Å². The molecule has 62 valence electrons. The average Bonchev–Trinajstić information content (AvgIpc) is 0. The Bertz CT molecular complexity index is 8.49. The van der Waals surface area contributed by atoms with Gasteiger partial charge in [-0.15, -0.1) is 12.4 Å². The van der Waals surface area contributed by atoms with Crippen LogP contribution >= 0.6 is 12.4 Å². The minimum atomic E-state index is 0. The quantitative estimate of drug-likeness (QED) is 0.413. The molecular formula is H4Cl6IrN-2. The summed E-state index contributed by atoms with van der Waals surface area (Å²) in [5.74, 6) is 0. The SMILES string of the molecule is Cl.N.[Cl-].[Cl-].[Cl-].[Cl-].[Cl-].[Ir+3]. The van der Waals surface area contributed by atoms with Crippen molar-refractivity contribution in [1.82, 2.24) is 6.15 Å². The summed E-state index contributed by atoms with van der Waals surface area (Å²) in [4.78, 5) is 0. The van der Waals surface area contributed by atoms with Crippen molar-refractivity contribution in [2.24, 2.45) is 0 Å². The van der Waals surface area contributed by atoms with Crippen molar-refractivity contribution in [3.8, 4) is 0 Å². The van der Waals surface area contributed by atoms with E-state index < -0.39 is 0 Å². The summed E-state index contributed by atoms with van der Waals surface area (Å²) < 4.78 is 0. The molecule has 0 aromatic carbocycles. The summed E-state index contributed by atoms with van der Waals surface area (Å²) in [6, 6.07) is 0. The van der Waals surface area contributed by atoms with E-state index in [1.165, 1.54) is 0 Å². The summed E-state index contributed by atoms with van der Waals surface area (Å²) in [6.07, 6.45) is 0. The summed E-state index contributed by atoms with van der Waals surface area (Å²) in [5.41, 5.74) is 0. The average molecular weight is 423 g/mol. The Kier molecular flexibility index (Phi) is 2420. The molecule has 0 aromatic rings. The van der Waals surface area contributed by atoms with E-state index in [9.17, 15) is 0 Å². The fourth-order valence-corrected chi connectivity index (χ4v) is 0. The molecule has 0 aromatic heterocycles. The van der Waals surface area contributed by atoms with Gasteiger partial charge in [-0.2, -0.15) is 0 Å². The van der Waals surface area contributed by atoms with Gasteiger partial charge in [0, 0.05) is 0 Å². The number of hydrogen-bond acceptors (Lipinski definition) is 1. The van der Waals surface area contributed by atoms with Crippen LogP contribution in [0.3, 0.4) is 0 Å². The van der Waals surface area contributed by atoms with Crippen LogP contribution in [0.2, 0.25) is 0 Å². The maximum absolute atomic E-state index is 0. The maximum atomic E-state index is 0. The van der Waals surface area contributed by atoms with Crippen LogP contribution in [0.4, 0.5) is 0 Å². The minimum Gasteiger partial charge on any atom is -1.00 e. The molecule has 0 bridgehead atoms.